The molecule has 1 saturated heterocycles. The van der Waals surface area contributed by atoms with Crippen LogP contribution in [0.15, 0.2) is 54.9 Å². The van der Waals surface area contributed by atoms with Gasteiger partial charge in [-0.05, 0) is 43.2 Å². The molecule has 154 valence electrons. The number of hydrogen-bond donors (Lipinski definition) is 1. The van der Waals surface area contributed by atoms with Crippen LogP contribution in [0.4, 0.5) is 10.1 Å². The molecular formula is C24H24FN3O2. The Kier molecular flexibility index (Phi) is 5.35. The Hall–Kier alpha value is -3.12. The van der Waals surface area contributed by atoms with Crippen molar-refractivity contribution in [1.29, 1.82) is 0 Å². The SMILES string of the molecule is Cc1ncc(NC(=O)c2ccnc(C(C)F)c2)cc1-c1cccc(C2(C)COC2)c1. The molecule has 2 aromatic heterocycles. The first kappa shape index (κ1) is 20.2. The molecule has 30 heavy (non-hydrogen) atoms. The summed E-state index contributed by atoms with van der Waals surface area (Å²) in [4.78, 5) is 21.1. The lowest BCUT2D eigenvalue weighted by atomic mass is 9.80. The average Bonchev–Trinajstić information content (AvgIpc) is 2.73. The summed E-state index contributed by atoms with van der Waals surface area (Å²) in [6, 6.07) is 13.3. The van der Waals surface area contributed by atoms with Crippen molar-refractivity contribution >= 4 is 11.6 Å². The van der Waals surface area contributed by atoms with Crippen molar-refractivity contribution in [2.75, 3.05) is 18.5 Å². The van der Waals surface area contributed by atoms with Gasteiger partial charge in [0.25, 0.3) is 5.91 Å². The third-order valence-corrected chi connectivity index (χ3v) is 5.51. The number of ether oxygens (including phenoxy) is 1. The predicted molar refractivity (Wildman–Crippen MR) is 114 cm³/mol. The number of anilines is 1. The lowest BCUT2D eigenvalue weighted by molar-refractivity contribution is -0.0499. The van der Waals surface area contributed by atoms with E-state index in [2.05, 4.69) is 34.3 Å². The van der Waals surface area contributed by atoms with E-state index in [1.165, 1.54) is 24.8 Å². The number of alkyl halides is 1. The fourth-order valence-corrected chi connectivity index (χ4v) is 3.54. The van der Waals surface area contributed by atoms with Crippen LogP contribution in [-0.4, -0.2) is 29.1 Å². The van der Waals surface area contributed by atoms with E-state index in [-0.39, 0.29) is 17.0 Å². The van der Waals surface area contributed by atoms with E-state index in [1.54, 1.807) is 12.3 Å². The monoisotopic (exact) mass is 405 g/mol. The van der Waals surface area contributed by atoms with Gasteiger partial charge in [0.15, 0.2) is 0 Å². The zero-order chi connectivity index (χ0) is 21.3. The van der Waals surface area contributed by atoms with E-state index in [0.717, 1.165) is 30.0 Å². The van der Waals surface area contributed by atoms with Crippen LogP contribution in [0, 0.1) is 6.92 Å². The van der Waals surface area contributed by atoms with Gasteiger partial charge in [-0.3, -0.25) is 14.8 Å². The molecule has 0 spiro atoms. The number of aryl methyl sites for hydroxylation is 1. The molecule has 0 saturated carbocycles. The van der Waals surface area contributed by atoms with Crippen molar-refractivity contribution < 1.29 is 13.9 Å². The standard InChI is InChI=1S/C24H24FN3O2/c1-15(25)22-10-18(7-8-26-22)23(29)28-20-11-21(16(2)27-12-20)17-5-4-6-19(9-17)24(3)13-30-14-24/h4-12,15H,13-14H2,1-3H3,(H,28,29). The largest absolute Gasteiger partial charge is 0.379 e. The van der Waals surface area contributed by atoms with E-state index in [4.69, 9.17) is 4.74 Å². The maximum absolute atomic E-state index is 13.5. The molecule has 1 amide bonds. The minimum Gasteiger partial charge on any atom is -0.379 e. The fraction of sp³-hybridized carbons (Fsp3) is 0.292. The van der Waals surface area contributed by atoms with Crippen LogP contribution in [0.25, 0.3) is 11.1 Å². The van der Waals surface area contributed by atoms with Crippen LogP contribution in [-0.2, 0) is 10.2 Å². The van der Waals surface area contributed by atoms with Crippen molar-refractivity contribution in [1.82, 2.24) is 9.97 Å². The summed E-state index contributed by atoms with van der Waals surface area (Å²) in [6.07, 6.45) is 1.83. The normalized spacial score (nSPS) is 15.9. The number of aromatic nitrogens is 2. The molecule has 5 nitrogen and oxygen atoms in total. The van der Waals surface area contributed by atoms with Gasteiger partial charge in [0, 0.05) is 28.4 Å². The summed E-state index contributed by atoms with van der Waals surface area (Å²) >= 11 is 0. The van der Waals surface area contributed by atoms with Gasteiger partial charge >= 0.3 is 0 Å². The first-order chi connectivity index (χ1) is 14.4. The van der Waals surface area contributed by atoms with E-state index in [1.807, 2.05) is 25.1 Å². The number of benzene rings is 1. The summed E-state index contributed by atoms with van der Waals surface area (Å²) in [5.41, 5.74) is 5.29. The highest BCUT2D eigenvalue weighted by Gasteiger charge is 2.35. The minimum atomic E-state index is -1.24. The van der Waals surface area contributed by atoms with Gasteiger partial charge in [0.2, 0.25) is 0 Å². The zero-order valence-electron chi connectivity index (χ0n) is 17.3. The van der Waals surface area contributed by atoms with Crippen molar-refractivity contribution in [3.8, 4) is 11.1 Å². The summed E-state index contributed by atoms with van der Waals surface area (Å²) in [5.74, 6) is -0.330. The van der Waals surface area contributed by atoms with Gasteiger partial charge in [-0.15, -0.1) is 0 Å². The molecule has 0 bridgehead atoms. The lowest BCUT2D eigenvalue weighted by Crippen LogP contribution is -2.43. The third-order valence-electron chi connectivity index (χ3n) is 5.51. The van der Waals surface area contributed by atoms with Gasteiger partial charge in [0.05, 0.1) is 30.8 Å². The number of rotatable bonds is 5. The van der Waals surface area contributed by atoms with E-state index in [9.17, 15) is 9.18 Å². The van der Waals surface area contributed by atoms with Crippen LogP contribution < -0.4 is 5.32 Å². The maximum Gasteiger partial charge on any atom is 0.255 e. The number of halogens is 1. The zero-order valence-corrected chi connectivity index (χ0v) is 17.3. The Morgan fingerprint density at radius 3 is 2.70 bits per heavy atom. The molecule has 3 aromatic rings. The number of carbonyl (C=O) groups excluding carboxylic acids is 1. The van der Waals surface area contributed by atoms with Crippen LogP contribution >= 0.6 is 0 Å². The van der Waals surface area contributed by atoms with Crippen LogP contribution in [0.1, 0.15) is 47.3 Å². The number of hydrogen-bond acceptors (Lipinski definition) is 4. The number of pyridine rings is 2. The molecule has 1 atom stereocenters. The fourth-order valence-electron chi connectivity index (χ4n) is 3.54. The van der Waals surface area contributed by atoms with Gasteiger partial charge < -0.3 is 10.1 Å². The third kappa shape index (κ3) is 3.96. The molecular weight excluding hydrogens is 381 g/mol. The Labute approximate surface area is 175 Å². The highest BCUT2D eigenvalue weighted by Crippen LogP contribution is 2.35. The second-order valence-corrected chi connectivity index (χ2v) is 8.03. The Bertz CT molecular complexity index is 1090. The first-order valence-corrected chi connectivity index (χ1v) is 9.92. The summed E-state index contributed by atoms with van der Waals surface area (Å²) in [6.45, 7) is 6.97. The second kappa shape index (κ2) is 7.95. The number of amides is 1. The number of nitrogens with zero attached hydrogens (tertiary/aromatic N) is 2. The molecule has 1 fully saturated rings. The Morgan fingerprint density at radius 1 is 1.20 bits per heavy atom. The van der Waals surface area contributed by atoms with Crippen LogP contribution in [0.3, 0.4) is 0 Å². The van der Waals surface area contributed by atoms with Gasteiger partial charge in [0.1, 0.15) is 6.17 Å². The van der Waals surface area contributed by atoms with Gasteiger partial charge in [-0.2, -0.15) is 0 Å². The van der Waals surface area contributed by atoms with E-state index in [0.29, 0.717) is 11.3 Å². The molecule has 3 heterocycles. The minimum absolute atomic E-state index is 0.0375. The van der Waals surface area contributed by atoms with E-state index >= 15 is 0 Å². The summed E-state index contributed by atoms with van der Waals surface area (Å²) in [7, 11) is 0. The quantitative estimate of drug-likeness (QED) is 0.647. The van der Waals surface area contributed by atoms with Gasteiger partial charge in [-0.25, -0.2) is 4.39 Å². The first-order valence-electron chi connectivity index (χ1n) is 9.92. The average molecular weight is 405 g/mol. The maximum atomic E-state index is 13.5. The molecule has 1 aliphatic rings. The summed E-state index contributed by atoms with van der Waals surface area (Å²) < 4.78 is 18.9. The van der Waals surface area contributed by atoms with E-state index < -0.39 is 6.17 Å². The lowest BCUT2D eigenvalue weighted by Gasteiger charge is -2.38. The number of carbonyl (C=O) groups is 1. The van der Waals surface area contributed by atoms with Crippen molar-refractivity contribution in [2.24, 2.45) is 0 Å². The van der Waals surface area contributed by atoms with Crippen LogP contribution in [0.2, 0.25) is 0 Å². The van der Waals surface area contributed by atoms with Crippen LogP contribution in [0.5, 0.6) is 0 Å². The molecule has 4 rings (SSSR count). The van der Waals surface area contributed by atoms with Crippen molar-refractivity contribution in [3.63, 3.8) is 0 Å². The summed E-state index contributed by atoms with van der Waals surface area (Å²) in [5, 5.41) is 2.86. The predicted octanol–water partition coefficient (Wildman–Crippen LogP) is 5.02. The highest BCUT2D eigenvalue weighted by atomic mass is 19.1. The second-order valence-electron chi connectivity index (χ2n) is 8.03. The molecule has 6 heteroatoms. The Morgan fingerprint density at radius 2 is 2.00 bits per heavy atom. The molecule has 1 N–H and O–H groups in total. The molecule has 1 aliphatic heterocycles. The topological polar surface area (TPSA) is 64.1 Å². The smallest absolute Gasteiger partial charge is 0.255 e. The molecule has 1 aromatic carbocycles. The Balaban J connectivity index is 1.60. The number of nitrogens with one attached hydrogen (secondary N) is 1. The molecule has 0 aliphatic carbocycles. The van der Waals surface area contributed by atoms with Gasteiger partial charge in [-0.1, -0.05) is 31.2 Å². The molecule has 0 radical (unpaired) electrons. The van der Waals surface area contributed by atoms with Crippen molar-refractivity contribution in [2.45, 2.75) is 32.4 Å². The highest BCUT2D eigenvalue weighted by molar-refractivity contribution is 6.04. The molecule has 1 unspecified atom stereocenters. The van der Waals surface area contributed by atoms with Crippen molar-refractivity contribution in [3.05, 3.63) is 77.4 Å².